The normalized spacial score (nSPS) is 10.9. The van der Waals surface area contributed by atoms with Crippen molar-refractivity contribution in [3.05, 3.63) is 75.4 Å². The Hall–Kier alpha value is -2.22. The maximum atomic E-state index is 11.8. The molecule has 27 heavy (non-hydrogen) atoms. The summed E-state index contributed by atoms with van der Waals surface area (Å²) in [6.45, 7) is 1.98. The van der Waals surface area contributed by atoms with Gasteiger partial charge in [-0.05, 0) is 59.3 Å². The molecule has 0 aliphatic heterocycles. The van der Waals surface area contributed by atoms with E-state index in [1.54, 1.807) is 6.07 Å². The smallest absolute Gasteiger partial charge is 0.339 e. The molecule has 2 N–H and O–H groups in total. The summed E-state index contributed by atoms with van der Waals surface area (Å²) in [7, 11) is 0. The van der Waals surface area contributed by atoms with Crippen LogP contribution in [0.1, 0.15) is 11.3 Å². The molecule has 0 atom stereocenters. The fraction of sp³-hybridized carbons (Fsp3) is 0.0526. The highest BCUT2D eigenvalue weighted by Gasteiger charge is 2.10. The van der Waals surface area contributed by atoms with Crippen molar-refractivity contribution < 1.29 is 9.21 Å². The third-order valence-corrected chi connectivity index (χ3v) is 5.47. The lowest BCUT2D eigenvalue weighted by Gasteiger charge is -2.03. The van der Waals surface area contributed by atoms with E-state index in [0.29, 0.717) is 21.6 Å². The number of carbonyl (C=O) groups is 1. The lowest BCUT2D eigenvalue weighted by molar-refractivity contribution is 0.252. The van der Waals surface area contributed by atoms with Crippen LogP contribution < -0.4 is 10.7 Å². The number of benzene rings is 2. The third kappa shape index (κ3) is 5.89. The van der Waals surface area contributed by atoms with Gasteiger partial charge in [0.1, 0.15) is 5.76 Å². The van der Waals surface area contributed by atoms with Crippen LogP contribution in [0.3, 0.4) is 0 Å². The van der Waals surface area contributed by atoms with Crippen molar-refractivity contribution in [1.82, 2.24) is 5.43 Å². The van der Waals surface area contributed by atoms with Crippen molar-refractivity contribution in [2.75, 3.05) is 5.32 Å². The van der Waals surface area contributed by atoms with E-state index in [2.05, 4.69) is 31.8 Å². The van der Waals surface area contributed by atoms with Crippen LogP contribution >= 0.6 is 39.3 Å². The van der Waals surface area contributed by atoms with Crippen molar-refractivity contribution in [2.24, 2.45) is 5.10 Å². The van der Waals surface area contributed by atoms with Crippen molar-refractivity contribution >= 4 is 57.2 Å². The zero-order valence-electron chi connectivity index (χ0n) is 14.2. The summed E-state index contributed by atoms with van der Waals surface area (Å²) in [6.07, 6.45) is 1.44. The number of hydrogen-bond donors (Lipinski definition) is 2. The van der Waals surface area contributed by atoms with Gasteiger partial charge in [-0.1, -0.05) is 41.1 Å². The molecular formula is C19H15BrClN3O2S. The Labute approximate surface area is 174 Å². The maximum Gasteiger partial charge on any atom is 0.339 e. The minimum absolute atomic E-state index is 0.434. The van der Waals surface area contributed by atoms with E-state index >= 15 is 0 Å². The average molecular weight is 465 g/mol. The first-order chi connectivity index (χ1) is 13.0. The third-order valence-electron chi connectivity index (χ3n) is 3.37. The van der Waals surface area contributed by atoms with Crippen LogP contribution in [-0.2, 0) is 0 Å². The number of urea groups is 1. The minimum Gasteiger partial charge on any atom is -0.447 e. The van der Waals surface area contributed by atoms with Gasteiger partial charge in [0.15, 0.2) is 5.09 Å². The highest BCUT2D eigenvalue weighted by atomic mass is 79.9. The van der Waals surface area contributed by atoms with Gasteiger partial charge in [-0.15, -0.1) is 0 Å². The van der Waals surface area contributed by atoms with Crippen LogP contribution in [0.2, 0.25) is 5.02 Å². The topological polar surface area (TPSA) is 66.6 Å². The number of halogens is 2. The number of furan rings is 1. The van der Waals surface area contributed by atoms with E-state index in [-0.39, 0.29) is 0 Å². The summed E-state index contributed by atoms with van der Waals surface area (Å²) in [6, 6.07) is 16.3. The number of anilines is 1. The predicted molar refractivity (Wildman–Crippen MR) is 113 cm³/mol. The molecule has 0 unspecified atom stereocenters. The Balaban J connectivity index is 1.56. The average Bonchev–Trinajstić information content (AvgIpc) is 2.98. The Morgan fingerprint density at radius 3 is 2.59 bits per heavy atom. The molecule has 8 heteroatoms. The first-order valence-corrected chi connectivity index (χ1v) is 9.88. The zero-order valence-corrected chi connectivity index (χ0v) is 17.4. The molecule has 0 fully saturated rings. The largest absolute Gasteiger partial charge is 0.447 e. The summed E-state index contributed by atoms with van der Waals surface area (Å²) in [5, 5.41) is 7.96. The number of nitrogens with one attached hydrogen (secondary N) is 2. The standard InChI is InChI=1S/C19H15BrClN3O2S/c1-12-2-6-14(7-3-12)23-19(25)24-22-11-15-10-17(20)18(26-15)27-16-8-4-13(21)5-9-16/h2-11H,1H3,(H2,23,24,25)/b22-11+. The second kappa shape index (κ2) is 9.12. The van der Waals surface area contributed by atoms with Crippen molar-refractivity contribution in [3.8, 4) is 0 Å². The molecular weight excluding hydrogens is 450 g/mol. The molecule has 138 valence electrons. The zero-order chi connectivity index (χ0) is 19.2. The lowest BCUT2D eigenvalue weighted by Crippen LogP contribution is -2.24. The highest BCUT2D eigenvalue weighted by molar-refractivity contribution is 9.10. The van der Waals surface area contributed by atoms with Crippen molar-refractivity contribution in [1.29, 1.82) is 0 Å². The van der Waals surface area contributed by atoms with E-state index in [1.807, 2.05) is 55.5 Å². The molecule has 5 nitrogen and oxygen atoms in total. The van der Waals surface area contributed by atoms with E-state index < -0.39 is 6.03 Å². The number of aryl methyl sites for hydroxylation is 1. The Kier molecular flexibility index (Phi) is 6.60. The number of carbonyl (C=O) groups excluding carboxylic acids is 1. The first kappa shape index (κ1) is 19.5. The van der Waals surface area contributed by atoms with Crippen LogP contribution in [-0.4, -0.2) is 12.2 Å². The lowest BCUT2D eigenvalue weighted by atomic mass is 10.2. The molecule has 0 saturated heterocycles. The Morgan fingerprint density at radius 1 is 1.19 bits per heavy atom. The summed E-state index contributed by atoms with van der Waals surface area (Å²) >= 11 is 10.8. The van der Waals surface area contributed by atoms with Gasteiger partial charge in [-0.2, -0.15) is 5.10 Å². The number of rotatable bonds is 5. The van der Waals surface area contributed by atoms with E-state index in [0.717, 1.165) is 14.9 Å². The number of amides is 2. The molecule has 0 radical (unpaired) electrons. The monoisotopic (exact) mass is 463 g/mol. The van der Waals surface area contributed by atoms with Gasteiger partial charge in [0.25, 0.3) is 0 Å². The van der Waals surface area contributed by atoms with Gasteiger partial charge >= 0.3 is 6.03 Å². The van der Waals surface area contributed by atoms with Gasteiger partial charge in [-0.3, -0.25) is 0 Å². The summed E-state index contributed by atoms with van der Waals surface area (Å²) in [5.74, 6) is 0.508. The van der Waals surface area contributed by atoms with Crippen LogP contribution in [0.4, 0.5) is 10.5 Å². The molecule has 1 aromatic heterocycles. The molecule has 0 saturated carbocycles. The SMILES string of the molecule is Cc1ccc(NC(=O)N/N=C/c2cc(Br)c(Sc3ccc(Cl)cc3)o2)cc1. The molecule has 3 aromatic rings. The van der Waals surface area contributed by atoms with E-state index in [4.69, 9.17) is 16.0 Å². The molecule has 2 amide bonds. The van der Waals surface area contributed by atoms with Crippen LogP contribution in [0, 0.1) is 6.92 Å². The molecule has 2 aromatic carbocycles. The van der Waals surface area contributed by atoms with Crippen molar-refractivity contribution in [2.45, 2.75) is 16.9 Å². The molecule has 1 heterocycles. The van der Waals surface area contributed by atoms with E-state index in [9.17, 15) is 4.79 Å². The Morgan fingerprint density at radius 2 is 1.89 bits per heavy atom. The van der Waals surface area contributed by atoms with Crippen LogP contribution in [0.5, 0.6) is 0 Å². The summed E-state index contributed by atoms with van der Waals surface area (Å²) in [4.78, 5) is 12.8. The highest BCUT2D eigenvalue weighted by Crippen LogP contribution is 2.35. The quantitative estimate of drug-likeness (QED) is 0.343. The van der Waals surface area contributed by atoms with Gasteiger partial charge in [0.2, 0.25) is 0 Å². The summed E-state index contributed by atoms with van der Waals surface area (Å²) in [5.41, 5.74) is 4.21. The molecule has 3 rings (SSSR count). The molecule has 0 bridgehead atoms. The second-order valence-electron chi connectivity index (χ2n) is 5.53. The fourth-order valence-electron chi connectivity index (χ4n) is 2.06. The molecule has 0 aliphatic rings. The second-order valence-corrected chi connectivity index (χ2v) is 7.87. The summed E-state index contributed by atoms with van der Waals surface area (Å²) < 4.78 is 6.52. The van der Waals surface area contributed by atoms with E-state index in [1.165, 1.54) is 18.0 Å². The Bertz CT molecular complexity index is 956. The predicted octanol–water partition coefficient (Wildman–Crippen LogP) is 6.31. The maximum absolute atomic E-state index is 11.8. The first-order valence-electron chi connectivity index (χ1n) is 7.89. The van der Waals surface area contributed by atoms with Gasteiger partial charge in [-0.25, -0.2) is 10.2 Å². The van der Waals surface area contributed by atoms with Gasteiger partial charge in [0, 0.05) is 21.7 Å². The van der Waals surface area contributed by atoms with Crippen LogP contribution in [0.25, 0.3) is 0 Å². The number of hydrogen-bond acceptors (Lipinski definition) is 4. The van der Waals surface area contributed by atoms with Gasteiger partial charge < -0.3 is 9.73 Å². The number of hydrazone groups is 1. The molecule has 0 spiro atoms. The van der Waals surface area contributed by atoms with Crippen molar-refractivity contribution in [3.63, 3.8) is 0 Å². The molecule has 0 aliphatic carbocycles. The van der Waals surface area contributed by atoms with Crippen LogP contribution in [0.15, 0.2) is 78.6 Å². The fourth-order valence-corrected chi connectivity index (χ4v) is 3.52. The van der Waals surface area contributed by atoms with Gasteiger partial charge in [0.05, 0.1) is 10.7 Å². The minimum atomic E-state index is -0.434. The number of nitrogens with zero attached hydrogens (tertiary/aromatic N) is 1.